The van der Waals surface area contributed by atoms with Gasteiger partial charge in [0.25, 0.3) is 0 Å². The van der Waals surface area contributed by atoms with Gasteiger partial charge in [-0.2, -0.15) is 0 Å². The number of hydrogen-bond acceptors (Lipinski definition) is 3. The van der Waals surface area contributed by atoms with Crippen LogP contribution in [-0.4, -0.2) is 30.6 Å². The van der Waals surface area contributed by atoms with Crippen LogP contribution in [0, 0.1) is 0 Å². The zero-order valence-electron chi connectivity index (χ0n) is 12.1. The summed E-state index contributed by atoms with van der Waals surface area (Å²) in [5.41, 5.74) is 7.45. The molecular weight excluding hydrogens is 236 g/mol. The summed E-state index contributed by atoms with van der Waals surface area (Å²) in [5, 5.41) is 0. The third-order valence-corrected chi connectivity index (χ3v) is 3.79. The molecule has 1 unspecified atom stereocenters. The summed E-state index contributed by atoms with van der Waals surface area (Å²) in [6.45, 7) is 7.64. The standard InChI is InChI=1S/C16H26N2O/c1-3-18(4-2)12-11-16(17)13-5-7-14(8-6-13)19-15-9-10-15/h5-8,15-16H,3-4,9-12,17H2,1-2H3. The molecule has 3 nitrogen and oxygen atoms in total. The Balaban J connectivity index is 1.82. The Kier molecular flexibility index (Phi) is 5.23. The van der Waals surface area contributed by atoms with E-state index >= 15 is 0 Å². The van der Waals surface area contributed by atoms with Gasteiger partial charge in [-0.25, -0.2) is 0 Å². The molecule has 0 spiro atoms. The van der Waals surface area contributed by atoms with Gasteiger partial charge in [-0.3, -0.25) is 0 Å². The smallest absolute Gasteiger partial charge is 0.119 e. The number of nitrogens with two attached hydrogens (primary N) is 1. The van der Waals surface area contributed by atoms with E-state index in [2.05, 4.69) is 30.9 Å². The van der Waals surface area contributed by atoms with E-state index in [4.69, 9.17) is 10.5 Å². The largest absolute Gasteiger partial charge is 0.490 e. The molecule has 1 saturated carbocycles. The SMILES string of the molecule is CCN(CC)CCC(N)c1ccc(OC2CC2)cc1. The highest BCUT2D eigenvalue weighted by Gasteiger charge is 2.23. The Labute approximate surface area is 116 Å². The van der Waals surface area contributed by atoms with Gasteiger partial charge in [-0.05, 0) is 56.6 Å². The minimum Gasteiger partial charge on any atom is -0.490 e. The number of hydrogen-bond donors (Lipinski definition) is 1. The van der Waals surface area contributed by atoms with Gasteiger partial charge >= 0.3 is 0 Å². The molecular formula is C16H26N2O. The lowest BCUT2D eigenvalue weighted by Gasteiger charge is -2.20. The monoisotopic (exact) mass is 262 g/mol. The van der Waals surface area contributed by atoms with Crippen molar-refractivity contribution in [1.29, 1.82) is 0 Å². The zero-order chi connectivity index (χ0) is 13.7. The first-order chi connectivity index (χ1) is 9.22. The van der Waals surface area contributed by atoms with E-state index in [0.29, 0.717) is 6.10 Å². The highest BCUT2D eigenvalue weighted by Crippen LogP contribution is 2.27. The van der Waals surface area contributed by atoms with E-state index in [9.17, 15) is 0 Å². The quantitative estimate of drug-likeness (QED) is 0.783. The normalized spacial score (nSPS) is 16.6. The Morgan fingerprint density at radius 3 is 2.37 bits per heavy atom. The molecule has 19 heavy (non-hydrogen) atoms. The average Bonchev–Trinajstić information content (AvgIpc) is 3.24. The minimum atomic E-state index is 0.121. The molecule has 0 bridgehead atoms. The summed E-state index contributed by atoms with van der Waals surface area (Å²) in [6.07, 6.45) is 3.86. The third kappa shape index (κ3) is 4.51. The van der Waals surface area contributed by atoms with Gasteiger partial charge in [-0.15, -0.1) is 0 Å². The van der Waals surface area contributed by atoms with Crippen LogP contribution in [0.5, 0.6) is 5.75 Å². The van der Waals surface area contributed by atoms with Crippen molar-refractivity contribution in [3.05, 3.63) is 29.8 Å². The highest BCUT2D eigenvalue weighted by atomic mass is 16.5. The Bertz CT molecular complexity index is 369. The maximum Gasteiger partial charge on any atom is 0.119 e. The van der Waals surface area contributed by atoms with Crippen molar-refractivity contribution in [1.82, 2.24) is 4.90 Å². The molecule has 2 N–H and O–H groups in total. The van der Waals surface area contributed by atoms with Crippen molar-refractivity contribution in [2.45, 2.75) is 45.3 Å². The number of rotatable bonds is 8. The second-order valence-corrected chi connectivity index (χ2v) is 5.31. The van der Waals surface area contributed by atoms with Crippen LogP contribution in [0.1, 0.15) is 44.7 Å². The van der Waals surface area contributed by atoms with Gasteiger partial charge < -0.3 is 15.4 Å². The summed E-state index contributed by atoms with van der Waals surface area (Å²) < 4.78 is 5.74. The van der Waals surface area contributed by atoms with Crippen LogP contribution in [-0.2, 0) is 0 Å². The molecule has 1 aliphatic carbocycles. The average molecular weight is 262 g/mol. The lowest BCUT2D eigenvalue weighted by Crippen LogP contribution is -2.27. The topological polar surface area (TPSA) is 38.5 Å². The van der Waals surface area contributed by atoms with Crippen molar-refractivity contribution in [3.8, 4) is 5.75 Å². The van der Waals surface area contributed by atoms with Crippen molar-refractivity contribution in [2.75, 3.05) is 19.6 Å². The second kappa shape index (κ2) is 6.92. The first kappa shape index (κ1) is 14.4. The predicted molar refractivity (Wildman–Crippen MR) is 79.4 cm³/mol. The van der Waals surface area contributed by atoms with Crippen molar-refractivity contribution in [2.24, 2.45) is 5.73 Å². The Hall–Kier alpha value is -1.06. The number of benzene rings is 1. The molecule has 3 heteroatoms. The van der Waals surface area contributed by atoms with E-state index < -0.39 is 0 Å². The number of nitrogens with zero attached hydrogens (tertiary/aromatic N) is 1. The molecule has 1 fully saturated rings. The van der Waals surface area contributed by atoms with E-state index in [1.165, 1.54) is 18.4 Å². The highest BCUT2D eigenvalue weighted by molar-refractivity contribution is 5.29. The van der Waals surface area contributed by atoms with Crippen LogP contribution in [0.3, 0.4) is 0 Å². The molecule has 0 aromatic heterocycles. The number of ether oxygens (including phenoxy) is 1. The maximum atomic E-state index is 6.25. The van der Waals surface area contributed by atoms with Gasteiger partial charge in [0, 0.05) is 6.04 Å². The molecule has 0 amide bonds. The predicted octanol–water partition coefficient (Wildman–Crippen LogP) is 2.96. The van der Waals surface area contributed by atoms with Crippen LogP contribution >= 0.6 is 0 Å². The molecule has 0 radical (unpaired) electrons. The van der Waals surface area contributed by atoms with Gasteiger partial charge in [0.05, 0.1) is 6.10 Å². The lowest BCUT2D eigenvalue weighted by atomic mass is 10.0. The summed E-state index contributed by atoms with van der Waals surface area (Å²) in [5.74, 6) is 0.974. The first-order valence-corrected chi connectivity index (χ1v) is 7.47. The van der Waals surface area contributed by atoms with Crippen LogP contribution in [0.15, 0.2) is 24.3 Å². The van der Waals surface area contributed by atoms with E-state index in [-0.39, 0.29) is 6.04 Å². The molecule has 0 heterocycles. The van der Waals surface area contributed by atoms with Gasteiger partial charge in [-0.1, -0.05) is 26.0 Å². The second-order valence-electron chi connectivity index (χ2n) is 5.31. The molecule has 106 valence electrons. The molecule has 1 aliphatic rings. The fourth-order valence-corrected chi connectivity index (χ4v) is 2.20. The molecule has 0 aliphatic heterocycles. The molecule has 2 rings (SSSR count). The van der Waals surface area contributed by atoms with Crippen molar-refractivity contribution >= 4 is 0 Å². The molecule has 1 atom stereocenters. The lowest BCUT2D eigenvalue weighted by molar-refractivity contribution is 0.290. The summed E-state index contributed by atoms with van der Waals surface area (Å²) in [7, 11) is 0. The van der Waals surface area contributed by atoms with Crippen molar-refractivity contribution < 1.29 is 4.74 Å². The van der Waals surface area contributed by atoms with E-state index in [1.807, 2.05) is 12.1 Å². The van der Waals surface area contributed by atoms with E-state index in [1.54, 1.807) is 0 Å². The van der Waals surface area contributed by atoms with Gasteiger partial charge in [0.1, 0.15) is 5.75 Å². The summed E-state index contributed by atoms with van der Waals surface area (Å²) >= 11 is 0. The van der Waals surface area contributed by atoms with Crippen LogP contribution in [0.25, 0.3) is 0 Å². The maximum absolute atomic E-state index is 6.25. The Morgan fingerprint density at radius 1 is 1.21 bits per heavy atom. The molecule has 1 aromatic carbocycles. The fraction of sp³-hybridized carbons (Fsp3) is 0.625. The van der Waals surface area contributed by atoms with Crippen LogP contribution < -0.4 is 10.5 Å². The third-order valence-electron chi connectivity index (χ3n) is 3.79. The fourth-order valence-electron chi connectivity index (χ4n) is 2.20. The zero-order valence-corrected chi connectivity index (χ0v) is 12.1. The first-order valence-electron chi connectivity index (χ1n) is 7.47. The minimum absolute atomic E-state index is 0.121. The summed E-state index contributed by atoms with van der Waals surface area (Å²) in [4.78, 5) is 2.41. The van der Waals surface area contributed by atoms with E-state index in [0.717, 1.165) is 31.8 Å². The summed E-state index contributed by atoms with van der Waals surface area (Å²) in [6, 6.07) is 8.42. The van der Waals surface area contributed by atoms with Crippen molar-refractivity contribution in [3.63, 3.8) is 0 Å². The van der Waals surface area contributed by atoms with Gasteiger partial charge in [0.15, 0.2) is 0 Å². The Morgan fingerprint density at radius 2 is 1.84 bits per heavy atom. The van der Waals surface area contributed by atoms with Crippen LogP contribution in [0.4, 0.5) is 0 Å². The molecule has 1 aromatic rings. The molecule has 0 saturated heterocycles. The van der Waals surface area contributed by atoms with Crippen LogP contribution in [0.2, 0.25) is 0 Å². The van der Waals surface area contributed by atoms with Gasteiger partial charge in [0.2, 0.25) is 0 Å².